The minimum atomic E-state index is -1.76. The smallest absolute Gasteiger partial charge is 0.409 e. The number of fused-ring (bicyclic) bond motifs is 5. The van der Waals surface area contributed by atoms with E-state index in [2.05, 4.69) is 10.6 Å². The number of methoxy groups -OCH3 is 2. The largest absolute Gasteiger partial charge is 0.495 e. The first kappa shape index (κ1) is 30.8. The average Bonchev–Trinajstić information content (AvgIpc) is 3.58. The lowest BCUT2D eigenvalue weighted by atomic mass is 9.83. The molecule has 0 spiro atoms. The molecule has 4 rings (SSSR count). The van der Waals surface area contributed by atoms with Gasteiger partial charge in [-0.15, -0.1) is 0 Å². The molecule has 0 aliphatic carbocycles. The monoisotopic (exact) mass is 592 g/mol. The van der Waals surface area contributed by atoms with E-state index in [4.69, 9.17) is 35.3 Å². The Balaban J connectivity index is 1.75. The molecular formula is C29H37ClN2O9. The number of aliphatic hydroxyl groups is 1. The van der Waals surface area contributed by atoms with Gasteiger partial charge < -0.3 is 34.1 Å². The van der Waals surface area contributed by atoms with Crippen LogP contribution in [-0.2, 0) is 35.0 Å². The molecule has 41 heavy (non-hydrogen) atoms. The van der Waals surface area contributed by atoms with Gasteiger partial charge in [0.15, 0.2) is 5.72 Å². The van der Waals surface area contributed by atoms with Gasteiger partial charge in [-0.2, -0.15) is 0 Å². The van der Waals surface area contributed by atoms with Gasteiger partial charge in [-0.3, -0.25) is 14.9 Å². The topological polar surface area (TPSA) is 145 Å². The fraction of sp³-hybridized carbons (Fsp3) is 0.552. The fourth-order valence-electron chi connectivity index (χ4n) is 5.61. The van der Waals surface area contributed by atoms with Crippen molar-refractivity contribution in [2.45, 2.75) is 82.7 Å². The minimum Gasteiger partial charge on any atom is -0.495 e. The van der Waals surface area contributed by atoms with Crippen molar-refractivity contribution in [1.29, 1.82) is 0 Å². The zero-order valence-corrected chi connectivity index (χ0v) is 24.7. The van der Waals surface area contributed by atoms with Crippen LogP contribution in [0.2, 0.25) is 5.02 Å². The zero-order valence-electron chi connectivity index (χ0n) is 24.0. The number of hydrogen-bond donors (Lipinski definition) is 3. The van der Waals surface area contributed by atoms with Gasteiger partial charge in [0.05, 0.1) is 25.3 Å². The van der Waals surface area contributed by atoms with Gasteiger partial charge in [0.1, 0.15) is 34.7 Å². The molecule has 0 saturated carbocycles. The Labute approximate surface area is 244 Å². The molecule has 224 valence electrons. The number of benzene rings is 1. The first-order valence-corrected chi connectivity index (χ1v) is 13.8. The molecule has 7 atom stereocenters. The molecule has 2 fully saturated rings. The third-order valence-corrected chi connectivity index (χ3v) is 8.22. The maximum Gasteiger partial charge on any atom is 0.409 e. The lowest BCUT2D eigenvalue weighted by Gasteiger charge is -2.42. The Morgan fingerprint density at radius 3 is 2.63 bits per heavy atom. The van der Waals surface area contributed by atoms with Crippen LogP contribution in [0, 0.1) is 5.92 Å². The summed E-state index contributed by atoms with van der Waals surface area (Å²) >= 11 is 6.53. The van der Waals surface area contributed by atoms with E-state index < -0.39 is 59.6 Å². The van der Waals surface area contributed by atoms with E-state index in [1.165, 1.54) is 21.1 Å². The second kappa shape index (κ2) is 12.0. The molecule has 3 N–H and O–H groups in total. The van der Waals surface area contributed by atoms with E-state index >= 15 is 0 Å². The molecule has 3 aliphatic heterocycles. The molecular weight excluding hydrogens is 556 g/mol. The first-order chi connectivity index (χ1) is 19.3. The summed E-state index contributed by atoms with van der Waals surface area (Å²) in [6.45, 7) is 6.73. The summed E-state index contributed by atoms with van der Waals surface area (Å²) in [5, 5.41) is 17.0. The Morgan fingerprint density at radius 1 is 1.24 bits per heavy atom. The number of carbonyl (C=O) groups excluding carboxylic acids is 3. The van der Waals surface area contributed by atoms with Crippen molar-refractivity contribution in [3.8, 4) is 5.75 Å². The van der Waals surface area contributed by atoms with Gasteiger partial charge in [0.25, 0.3) is 0 Å². The molecule has 3 aliphatic rings. The van der Waals surface area contributed by atoms with E-state index in [0.717, 1.165) is 11.1 Å². The predicted molar refractivity (Wildman–Crippen MR) is 150 cm³/mol. The van der Waals surface area contributed by atoms with E-state index in [9.17, 15) is 19.5 Å². The third-order valence-electron chi connectivity index (χ3n) is 7.83. The molecule has 1 aromatic rings. The van der Waals surface area contributed by atoms with Crippen molar-refractivity contribution in [2.24, 2.45) is 5.92 Å². The van der Waals surface area contributed by atoms with Crippen molar-refractivity contribution < 1.29 is 43.2 Å². The van der Waals surface area contributed by atoms with Crippen LogP contribution in [0.4, 0.5) is 10.5 Å². The van der Waals surface area contributed by atoms with E-state index in [1.807, 2.05) is 19.9 Å². The molecule has 11 nitrogen and oxygen atoms in total. The Kier molecular flexibility index (Phi) is 9.03. The number of esters is 1. The lowest BCUT2D eigenvalue weighted by Crippen LogP contribution is -2.63. The number of halogens is 1. The summed E-state index contributed by atoms with van der Waals surface area (Å²) in [6, 6.07) is 3.54. The van der Waals surface area contributed by atoms with Crippen LogP contribution in [0.3, 0.4) is 0 Å². The van der Waals surface area contributed by atoms with E-state index in [0.29, 0.717) is 17.9 Å². The van der Waals surface area contributed by atoms with Crippen LogP contribution in [0.5, 0.6) is 5.75 Å². The summed E-state index contributed by atoms with van der Waals surface area (Å²) < 4.78 is 28.1. The molecule has 3 heterocycles. The predicted octanol–water partition coefficient (Wildman–Crippen LogP) is 3.66. The molecule has 0 aromatic heterocycles. The number of nitrogens with one attached hydrogen (secondary N) is 2. The van der Waals surface area contributed by atoms with Crippen LogP contribution in [0.25, 0.3) is 0 Å². The minimum absolute atomic E-state index is 0.00420. The van der Waals surface area contributed by atoms with Crippen LogP contribution >= 0.6 is 11.6 Å². The summed E-state index contributed by atoms with van der Waals surface area (Å²) in [5.74, 6) is -1.06. The maximum atomic E-state index is 13.2. The van der Waals surface area contributed by atoms with Gasteiger partial charge in [-0.05, 0) is 38.0 Å². The molecule has 2 saturated heterocycles. The average molecular weight is 593 g/mol. The van der Waals surface area contributed by atoms with Gasteiger partial charge in [0.2, 0.25) is 5.91 Å². The summed E-state index contributed by atoms with van der Waals surface area (Å²) in [5.41, 5.74) is -0.681. The lowest BCUT2D eigenvalue weighted by molar-refractivity contribution is -0.151. The van der Waals surface area contributed by atoms with Gasteiger partial charge in [-0.25, -0.2) is 4.79 Å². The summed E-state index contributed by atoms with van der Waals surface area (Å²) in [7, 11) is 2.93. The van der Waals surface area contributed by atoms with Gasteiger partial charge in [0, 0.05) is 26.4 Å². The Morgan fingerprint density at radius 2 is 1.98 bits per heavy atom. The van der Waals surface area contributed by atoms with Gasteiger partial charge >= 0.3 is 12.1 Å². The number of hydrogen-bond acceptors (Lipinski definition) is 9. The van der Waals surface area contributed by atoms with E-state index in [-0.39, 0.29) is 17.9 Å². The first-order valence-electron chi connectivity index (χ1n) is 13.4. The number of ether oxygens (including phenoxy) is 5. The Hall–Kier alpha value is -3.12. The molecule has 2 amide bonds. The van der Waals surface area contributed by atoms with E-state index in [1.54, 1.807) is 31.2 Å². The standard InChI is InChI=1S/C29H37ClN2O9/c1-15-8-7-9-22(38-6)29(36)14-21(40-27(35)32-29)16(2)26-28(4,41-26)23(39-17(3)33)13-24(34)31-19-11-18(10-15)12-20(37-5)25(19)30/h7-9,11-12,16,21-23,26,36H,10,13-14H2,1-6H3,(H,31,34)(H,32,35)/b9-7+,15-8-. The van der Waals surface area contributed by atoms with Crippen molar-refractivity contribution in [1.82, 2.24) is 5.32 Å². The summed E-state index contributed by atoms with van der Waals surface area (Å²) in [4.78, 5) is 37.8. The number of allylic oxidation sites excluding steroid dienone is 3. The number of amides is 2. The zero-order chi connectivity index (χ0) is 30.1. The number of anilines is 1. The number of epoxide rings is 1. The van der Waals surface area contributed by atoms with Crippen molar-refractivity contribution in [3.05, 3.63) is 46.5 Å². The highest BCUT2D eigenvalue weighted by atomic mass is 35.5. The number of carbonyl (C=O) groups is 3. The van der Waals surface area contributed by atoms with Gasteiger partial charge in [-0.1, -0.05) is 42.3 Å². The number of alkyl carbamates (subject to hydrolysis) is 1. The molecule has 4 bridgehead atoms. The second-order valence-corrected chi connectivity index (χ2v) is 11.4. The molecule has 7 unspecified atom stereocenters. The molecule has 12 heteroatoms. The number of rotatable bonds is 3. The normalized spacial score (nSPS) is 35.9. The van der Waals surface area contributed by atoms with Crippen LogP contribution in [-0.4, -0.2) is 73.0 Å². The van der Waals surface area contributed by atoms with Crippen LogP contribution in [0.1, 0.15) is 46.1 Å². The highest BCUT2D eigenvalue weighted by Gasteiger charge is 2.64. The van der Waals surface area contributed by atoms with Crippen molar-refractivity contribution in [3.63, 3.8) is 0 Å². The Bertz CT molecular complexity index is 1270. The molecule has 1 aromatic carbocycles. The second-order valence-electron chi connectivity index (χ2n) is 11.0. The third kappa shape index (κ3) is 6.69. The highest BCUT2D eigenvalue weighted by Crippen LogP contribution is 2.49. The van der Waals surface area contributed by atoms with Crippen molar-refractivity contribution >= 4 is 35.3 Å². The molecule has 0 radical (unpaired) electrons. The SMILES string of the molecule is COc1cc2cc(c1Cl)NC(=O)CC(OC(C)=O)C1(C)OC1C(C)C1CC(O)(NC(=O)O1)C(OC)/C=C/C=C(/C)C2. The van der Waals surface area contributed by atoms with Crippen LogP contribution in [0.15, 0.2) is 35.9 Å². The highest BCUT2D eigenvalue weighted by molar-refractivity contribution is 6.35. The quantitative estimate of drug-likeness (QED) is 0.353. The van der Waals surface area contributed by atoms with Crippen LogP contribution < -0.4 is 15.4 Å². The van der Waals surface area contributed by atoms with Crippen molar-refractivity contribution in [2.75, 3.05) is 19.5 Å². The summed E-state index contributed by atoms with van der Waals surface area (Å²) in [6.07, 6.45) is 1.61. The fourth-order valence-corrected chi connectivity index (χ4v) is 5.84. The maximum absolute atomic E-state index is 13.2.